The largest absolute Gasteiger partial charge is 0.487 e. The molecule has 0 atom stereocenters. The van der Waals surface area contributed by atoms with Gasteiger partial charge in [-0.05, 0) is 88.6 Å². The first kappa shape index (κ1) is 32.9. The van der Waals surface area contributed by atoms with Crippen molar-refractivity contribution in [1.29, 1.82) is 0 Å². The Hall–Kier alpha value is -2.28. The van der Waals surface area contributed by atoms with Gasteiger partial charge in [-0.15, -0.1) is 0 Å². The molecule has 0 unspecified atom stereocenters. The van der Waals surface area contributed by atoms with E-state index in [1.807, 2.05) is 60.6 Å². The molecule has 2 heterocycles. The lowest BCUT2D eigenvalue weighted by Gasteiger charge is -2.25. The van der Waals surface area contributed by atoms with Crippen LogP contribution in [0.3, 0.4) is 0 Å². The average molecular weight is 465 g/mol. The van der Waals surface area contributed by atoms with Crippen molar-refractivity contribution in [3.05, 3.63) is 57.6 Å². The van der Waals surface area contributed by atoms with E-state index in [-0.39, 0.29) is 5.82 Å². The first-order valence-electron chi connectivity index (χ1n) is 11.5. The summed E-state index contributed by atoms with van der Waals surface area (Å²) in [6.07, 6.45) is 3.68. The molecule has 33 heavy (non-hydrogen) atoms. The van der Waals surface area contributed by atoms with Gasteiger partial charge in [-0.1, -0.05) is 27.7 Å². The summed E-state index contributed by atoms with van der Waals surface area (Å²) in [5.41, 5.74) is 9.32. The van der Waals surface area contributed by atoms with Crippen LogP contribution in [0.4, 0.5) is 4.39 Å². The van der Waals surface area contributed by atoms with Gasteiger partial charge >= 0.3 is 0 Å². The fourth-order valence-electron chi connectivity index (χ4n) is 3.26. The predicted molar refractivity (Wildman–Crippen MR) is 140 cm³/mol. The zero-order valence-corrected chi connectivity index (χ0v) is 22.6. The Kier molecular flexibility index (Phi) is 15.5. The summed E-state index contributed by atoms with van der Waals surface area (Å²) < 4.78 is 20.0. The number of hydrogen-bond donors (Lipinski definition) is 3. The molecule has 188 valence electrons. The van der Waals surface area contributed by atoms with E-state index < -0.39 is 5.60 Å². The average Bonchev–Trinajstić information content (AvgIpc) is 2.84. The lowest BCUT2D eigenvalue weighted by atomic mass is 9.93. The minimum absolute atomic E-state index is 0.248. The molecule has 5 nitrogen and oxygen atoms in total. The van der Waals surface area contributed by atoms with Gasteiger partial charge in [-0.3, -0.25) is 0 Å². The van der Waals surface area contributed by atoms with Crippen molar-refractivity contribution in [3.8, 4) is 0 Å². The molecule has 0 radical (unpaired) electrons. The van der Waals surface area contributed by atoms with Crippen molar-refractivity contribution in [2.24, 2.45) is 5.73 Å². The smallest absolute Gasteiger partial charge is 0.146 e. The molecule has 0 fully saturated rings. The van der Waals surface area contributed by atoms with E-state index in [4.69, 9.17) is 14.8 Å². The second-order valence-corrected chi connectivity index (χ2v) is 7.25. The standard InChI is InChI=1S/C21H24FNO2.2C2H6.CH5N.CH4O/c1-11-12(2)19-13(3)14(4)20(23-17(19)10-16(11)22)18-9-15(7-8-25-18)21(5,6)24;4*1-2/h7,9-10,24H,8H2,1-6H3;2*1-2H3;2H2,1H3;2H,1H3. The predicted octanol–water partition coefficient (Wildman–Crippen LogP) is 5.91. The zero-order chi connectivity index (χ0) is 26.5. The van der Waals surface area contributed by atoms with Crippen LogP contribution in [0.5, 0.6) is 0 Å². The van der Waals surface area contributed by atoms with Crippen LogP contribution in [0.2, 0.25) is 0 Å². The minimum Gasteiger partial charge on any atom is -0.487 e. The van der Waals surface area contributed by atoms with E-state index in [0.717, 1.165) is 34.8 Å². The number of nitrogens with two attached hydrogens (primary N) is 1. The van der Waals surface area contributed by atoms with Gasteiger partial charge in [-0.25, -0.2) is 9.37 Å². The van der Waals surface area contributed by atoms with E-state index in [2.05, 4.69) is 5.73 Å². The van der Waals surface area contributed by atoms with Crippen LogP contribution in [0.1, 0.15) is 69.5 Å². The Morgan fingerprint density at radius 2 is 1.42 bits per heavy atom. The van der Waals surface area contributed by atoms with Crippen LogP contribution < -0.4 is 5.73 Å². The summed E-state index contributed by atoms with van der Waals surface area (Å²) in [5, 5.41) is 18.3. The molecule has 4 N–H and O–H groups in total. The molecule has 0 aliphatic carbocycles. The van der Waals surface area contributed by atoms with E-state index in [0.29, 0.717) is 29.1 Å². The Labute approximate surface area is 200 Å². The number of pyridine rings is 1. The number of aryl methyl sites for hydroxylation is 2. The fourth-order valence-corrected chi connectivity index (χ4v) is 3.26. The van der Waals surface area contributed by atoms with Crippen LogP contribution in [0, 0.1) is 33.5 Å². The number of aliphatic hydroxyl groups is 2. The number of fused-ring (bicyclic) bond motifs is 1. The third kappa shape index (κ3) is 7.91. The van der Waals surface area contributed by atoms with Crippen LogP contribution >= 0.6 is 0 Å². The molecule has 3 rings (SSSR count). The number of nitrogens with zero attached hydrogens (tertiary/aromatic N) is 1. The van der Waals surface area contributed by atoms with Gasteiger partial charge in [0.05, 0.1) is 11.1 Å². The van der Waals surface area contributed by atoms with Crippen molar-refractivity contribution >= 4 is 16.7 Å². The number of rotatable bonds is 2. The van der Waals surface area contributed by atoms with Crippen LogP contribution in [-0.4, -0.2) is 41.6 Å². The molecule has 0 saturated heterocycles. The van der Waals surface area contributed by atoms with Crippen LogP contribution in [0.15, 0.2) is 23.8 Å². The van der Waals surface area contributed by atoms with Crippen molar-refractivity contribution < 1.29 is 19.3 Å². The van der Waals surface area contributed by atoms with Crippen LogP contribution in [-0.2, 0) is 4.74 Å². The maximum Gasteiger partial charge on any atom is 0.146 e. The highest BCUT2D eigenvalue weighted by Crippen LogP contribution is 2.34. The Morgan fingerprint density at radius 1 is 0.939 bits per heavy atom. The van der Waals surface area contributed by atoms with Gasteiger partial charge in [0.15, 0.2) is 0 Å². The van der Waals surface area contributed by atoms with E-state index >= 15 is 0 Å². The maximum absolute atomic E-state index is 14.2. The topological polar surface area (TPSA) is 88.6 Å². The van der Waals surface area contributed by atoms with Gasteiger partial charge < -0.3 is 20.7 Å². The van der Waals surface area contributed by atoms with Gasteiger partial charge in [-0.2, -0.15) is 0 Å². The molecule has 0 spiro atoms. The highest BCUT2D eigenvalue weighted by atomic mass is 19.1. The summed E-state index contributed by atoms with van der Waals surface area (Å²) >= 11 is 0. The molecule has 1 aromatic carbocycles. The first-order valence-corrected chi connectivity index (χ1v) is 11.5. The molecule has 1 aliphatic heterocycles. The number of halogens is 1. The lowest BCUT2D eigenvalue weighted by Crippen LogP contribution is -2.23. The third-order valence-corrected chi connectivity index (χ3v) is 5.11. The maximum atomic E-state index is 14.2. The summed E-state index contributed by atoms with van der Waals surface area (Å²) in [5.74, 6) is 0.364. The molecule has 0 saturated carbocycles. The Balaban J connectivity index is 0. The van der Waals surface area contributed by atoms with Crippen molar-refractivity contribution in [2.75, 3.05) is 20.8 Å². The second kappa shape index (κ2) is 15.5. The number of benzene rings is 1. The van der Waals surface area contributed by atoms with Crippen molar-refractivity contribution in [3.63, 3.8) is 0 Å². The lowest BCUT2D eigenvalue weighted by molar-refractivity contribution is 0.121. The Bertz CT molecular complexity index is 943. The molecule has 1 aromatic heterocycles. The van der Waals surface area contributed by atoms with Gasteiger partial charge in [0, 0.05) is 18.6 Å². The van der Waals surface area contributed by atoms with E-state index in [1.54, 1.807) is 20.8 Å². The molecule has 0 bridgehead atoms. The van der Waals surface area contributed by atoms with Gasteiger partial charge in [0.2, 0.25) is 0 Å². The first-order chi connectivity index (χ1) is 15.6. The third-order valence-electron chi connectivity index (χ3n) is 5.11. The molecule has 0 amide bonds. The summed E-state index contributed by atoms with van der Waals surface area (Å²) in [6.45, 7) is 19.6. The van der Waals surface area contributed by atoms with Gasteiger partial charge in [0.25, 0.3) is 0 Å². The second-order valence-electron chi connectivity index (χ2n) is 7.25. The number of hydrogen-bond acceptors (Lipinski definition) is 5. The highest BCUT2D eigenvalue weighted by Gasteiger charge is 2.24. The number of aliphatic hydroxyl groups excluding tert-OH is 1. The molecular formula is C27H45FN2O3. The summed E-state index contributed by atoms with van der Waals surface area (Å²) in [7, 11) is 2.50. The molecule has 2 aromatic rings. The molecule has 6 heteroatoms. The Morgan fingerprint density at radius 3 is 1.91 bits per heavy atom. The normalized spacial score (nSPS) is 12.1. The quantitative estimate of drug-likeness (QED) is 0.514. The molecule has 1 aliphatic rings. The van der Waals surface area contributed by atoms with E-state index in [1.165, 1.54) is 13.1 Å². The minimum atomic E-state index is -0.950. The molecular weight excluding hydrogens is 419 g/mol. The summed E-state index contributed by atoms with van der Waals surface area (Å²) in [6, 6.07) is 1.49. The van der Waals surface area contributed by atoms with E-state index in [9.17, 15) is 9.50 Å². The number of aromatic nitrogens is 1. The fraction of sp³-hybridized carbons (Fsp3) is 0.519. The summed E-state index contributed by atoms with van der Waals surface area (Å²) in [4.78, 5) is 4.70. The monoisotopic (exact) mass is 464 g/mol. The van der Waals surface area contributed by atoms with Gasteiger partial charge in [0.1, 0.15) is 23.9 Å². The number of ether oxygens (including phenoxy) is 1. The zero-order valence-electron chi connectivity index (χ0n) is 22.6. The highest BCUT2D eigenvalue weighted by molar-refractivity contribution is 5.89. The van der Waals surface area contributed by atoms with Crippen molar-refractivity contribution in [1.82, 2.24) is 4.98 Å². The SMILES string of the molecule is CC.CC.CN.CO.Cc1c(F)cc2nc(C3=CC(C(C)(C)O)=CCO3)c(C)c(C)c2c1C. The van der Waals surface area contributed by atoms with Crippen LogP contribution in [0.25, 0.3) is 16.7 Å². The van der Waals surface area contributed by atoms with Crippen molar-refractivity contribution in [2.45, 2.75) is 74.8 Å².